The molecule has 17 heavy (non-hydrogen) atoms. The molecule has 0 N–H and O–H groups in total. The van der Waals surface area contributed by atoms with E-state index in [1.54, 1.807) is 6.07 Å². The summed E-state index contributed by atoms with van der Waals surface area (Å²) in [6.07, 6.45) is 1.14. The van der Waals surface area contributed by atoms with Crippen molar-refractivity contribution in [2.24, 2.45) is 5.92 Å². The van der Waals surface area contributed by atoms with Gasteiger partial charge < -0.3 is 0 Å². The first-order valence-corrected chi connectivity index (χ1v) is 6.77. The number of benzene rings is 1. The normalized spacial score (nSPS) is 25.4. The molecule has 1 saturated heterocycles. The summed E-state index contributed by atoms with van der Waals surface area (Å²) in [6, 6.07) is 5.33. The molecule has 0 saturated carbocycles. The lowest BCUT2D eigenvalue weighted by Crippen LogP contribution is -2.33. The highest BCUT2D eigenvalue weighted by Crippen LogP contribution is 2.29. The third-order valence-corrected chi connectivity index (χ3v) is 4.30. The number of halogens is 3. The maximum Gasteiger partial charge on any atom is 0.142 e. The molecule has 0 radical (unpaired) electrons. The van der Waals surface area contributed by atoms with E-state index in [4.69, 9.17) is 23.2 Å². The molecule has 1 aromatic rings. The molecule has 1 aliphatic heterocycles. The van der Waals surface area contributed by atoms with Crippen LogP contribution in [0.4, 0.5) is 4.39 Å². The van der Waals surface area contributed by atoms with Gasteiger partial charge in [-0.2, -0.15) is 0 Å². The number of likely N-dealkylation sites (tertiary alicyclic amines) is 1. The van der Waals surface area contributed by atoms with Gasteiger partial charge in [0.15, 0.2) is 0 Å². The summed E-state index contributed by atoms with van der Waals surface area (Å²) in [5.74, 6) is 0.868. The number of nitrogens with zero attached hydrogens (tertiary/aromatic N) is 1. The molecule has 1 nitrogen and oxygen atoms in total. The molecule has 0 aromatic heterocycles. The van der Waals surface area contributed by atoms with Gasteiger partial charge in [-0.15, -0.1) is 11.6 Å². The van der Waals surface area contributed by atoms with Gasteiger partial charge in [-0.05, 0) is 30.5 Å². The summed E-state index contributed by atoms with van der Waals surface area (Å²) in [5.41, 5.74) is 0.843. The van der Waals surface area contributed by atoms with Gasteiger partial charge in [-0.1, -0.05) is 30.7 Å². The zero-order valence-corrected chi connectivity index (χ0v) is 11.3. The fourth-order valence-electron chi connectivity index (χ4n) is 2.42. The molecular formula is C13H16Cl2FN. The summed E-state index contributed by atoms with van der Waals surface area (Å²) in [5, 5.41) is 0.236. The Labute approximate surface area is 112 Å². The van der Waals surface area contributed by atoms with Crippen LogP contribution in [0.1, 0.15) is 18.9 Å². The summed E-state index contributed by atoms with van der Waals surface area (Å²) >= 11 is 12.0. The fraction of sp³-hybridized carbons (Fsp3) is 0.538. The van der Waals surface area contributed by atoms with E-state index in [0.717, 1.165) is 18.5 Å². The van der Waals surface area contributed by atoms with Crippen molar-refractivity contribution < 1.29 is 4.39 Å². The van der Waals surface area contributed by atoms with Gasteiger partial charge in [0.05, 0.1) is 5.02 Å². The monoisotopic (exact) mass is 275 g/mol. The smallest absolute Gasteiger partial charge is 0.142 e. The van der Waals surface area contributed by atoms with Crippen LogP contribution in [0.5, 0.6) is 0 Å². The molecule has 1 fully saturated rings. The third-order valence-electron chi connectivity index (χ3n) is 3.56. The van der Waals surface area contributed by atoms with Gasteiger partial charge >= 0.3 is 0 Å². The van der Waals surface area contributed by atoms with Crippen molar-refractivity contribution in [3.05, 3.63) is 34.6 Å². The molecule has 0 amide bonds. The molecule has 2 rings (SSSR count). The van der Waals surface area contributed by atoms with Crippen molar-refractivity contribution in [1.29, 1.82) is 0 Å². The van der Waals surface area contributed by atoms with E-state index in [1.807, 2.05) is 6.07 Å². The molecule has 4 heteroatoms. The van der Waals surface area contributed by atoms with Crippen molar-refractivity contribution in [1.82, 2.24) is 4.90 Å². The van der Waals surface area contributed by atoms with Crippen molar-refractivity contribution >= 4 is 23.2 Å². The SMILES string of the molecule is CC1CCN(Cc2cccc(F)c2Cl)C1CCl. The van der Waals surface area contributed by atoms with Gasteiger partial charge in [0.1, 0.15) is 5.82 Å². The molecule has 1 aliphatic rings. The first kappa shape index (κ1) is 13.1. The fourth-order valence-corrected chi connectivity index (χ4v) is 3.11. The molecule has 2 atom stereocenters. The lowest BCUT2D eigenvalue weighted by Gasteiger charge is -2.25. The van der Waals surface area contributed by atoms with Crippen LogP contribution >= 0.6 is 23.2 Å². The van der Waals surface area contributed by atoms with Crippen LogP contribution in [-0.2, 0) is 6.54 Å². The van der Waals surface area contributed by atoms with E-state index in [9.17, 15) is 4.39 Å². The quantitative estimate of drug-likeness (QED) is 0.756. The van der Waals surface area contributed by atoms with Crippen molar-refractivity contribution in [3.63, 3.8) is 0 Å². The van der Waals surface area contributed by atoms with E-state index in [1.165, 1.54) is 6.07 Å². The van der Waals surface area contributed by atoms with E-state index < -0.39 is 0 Å². The summed E-state index contributed by atoms with van der Waals surface area (Å²) in [7, 11) is 0. The minimum absolute atomic E-state index is 0.236. The van der Waals surface area contributed by atoms with Crippen LogP contribution < -0.4 is 0 Å². The minimum atomic E-state index is -0.348. The average molecular weight is 276 g/mol. The van der Waals surface area contributed by atoms with Crippen LogP contribution in [0, 0.1) is 11.7 Å². The number of alkyl halides is 1. The van der Waals surface area contributed by atoms with Crippen LogP contribution in [0.25, 0.3) is 0 Å². The second-order valence-electron chi connectivity index (χ2n) is 4.67. The molecule has 0 spiro atoms. The molecule has 0 bridgehead atoms. The summed E-state index contributed by atoms with van der Waals surface area (Å²) in [6.45, 7) is 3.89. The third kappa shape index (κ3) is 2.75. The predicted octanol–water partition coefficient (Wildman–Crippen LogP) is 3.93. The number of rotatable bonds is 3. The Hall–Kier alpha value is -0.310. The first-order valence-electron chi connectivity index (χ1n) is 5.86. The van der Waals surface area contributed by atoms with Crippen LogP contribution in [-0.4, -0.2) is 23.4 Å². The zero-order chi connectivity index (χ0) is 12.4. The molecule has 1 aromatic carbocycles. The minimum Gasteiger partial charge on any atom is -0.295 e. The summed E-state index contributed by atoms with van der Waals surface area (Å²) in [4.78, 5) is 2.29. The highest BCUT2D eigenvalue weighted by atomic mass is 35.5. The summed E-state index contributed by atoms with van der Waals surface area (Å²) < 4.78 is 13.3. The van der Waals surface area contributed by atoms with Crippen LogP contribution in [0.3, 0.4) is 0 Å². The Bertz CT molecular complexity index is 397. The second kappa shape index (κ2) is 5.55. The molecular weight excluding hydrogens is 260 g/mol. The van der Waals surface area contributed by atoms with E-state index in [0.29, 0.717) is 24.4 Å². The largest absolute Gasteiger partial charge is 0.295 e. The average Bonchev–Trinajstić information content (AvgIpc) is 2.66. The molecule has 0 aliphatic carbocycles. The molecule has 94 valence electrons. The van der Waals surface area contributed by atoms with E-state index in [2.05, 4.69) is 11.8 Å². The van der Waals surface area contributed by atoms with Gasteiger partial charge in [-0.3, -0.25) is 4.90 Å². The molecule has 1 heterocycles. The zero-order valence-electron chi connectivity index (χ0n) is 9.80. The van der Waals surface area contributed by atoms with Crippen molar-refractivity contribution in [2.45, 2.75) is 25.9 Å². The van der Waals surface area contributed by atoms with Crippen LogP contribution in [0.2, 0.25) is 5.02 Å². The Morgan fingerprint density at radius 2 is 2.24 bits per heavy atom. The first-order chi connectivity index (χ1) is 8.13. The van der Waals surface area contributed by atoms with Gasteiger partial charge in [-0.25, -0.2) is 4.39 Å². The Morgan fingerprint density at radius 3 is 2.94 bits per heavy atom. The second-order valence-corrected chi connectivity index (χ2v) is 5.36. The van der Waals surface area contributed by atoms with E-state index in [-0.39, 0.29) is 10.8 Å². The van der Waals surface area contributed by atoms with E-state index >= 15 is 0 Å². The maximum atomic E-state index is 13.3. The van der Waals surface area contributed by atoms with Crippen molar-refractivity contribution in [3.8, 4) is 0 Å². The van der Waals surface area contributed by atoms with Gasteiger partial charge in [0.25, 0.3) is 0 Å². The Balaban J connectivity index is 2.13. The van der Waals surface area contributed by atoms with Gasteiger partial charge in [0, 0.05) is 18.5 Å². The highest BCUT2D eigenvalue weighted by Gasteiger charge is 2.30. The Kier molecular flexibility index (Phi) is 4.29. The van der Waals surface area contributed by atoms with Crippen LogP contribution in [0.15, 0.2) is 18.2 Å². The lowest BCUT2D eigenvalue weighted by molar-refractivity contribution is 0.242. The lowest BCUT2D eigenvalue weighted by atomic mass is 10.0. The topological polar surface area (TPSA) is 3.24 Å². The van der Waals surface area contributed by atoms with Crippen molar-refractivity contribution in [2.75, 3.05) is 12.4 Å². The number of hydrogen-bond donors (Lipinski definition) is 0. The van der Waals surface area contributed by atoms with Gasteiger partial charge in [0.2, 0.25) is 0 Å². The highest BCUT2D eigenvalue weighted by molar-refractivity contribution is 6.31. The predicted molar refractivity (Wildman–Crippen MR) is 70.1 cm³/mol. The Morgan fingerprint density at radius 1 is 1.47 bits per heavy atom. The molecule has 2 unspecified atom stereocenters. The maximum absolute atomic E-state index is 13.3. The number of hydrogen-bond acceptors (Lipinski definition) is 1. The standard InChI is InChI=1S/C13H16Cl2FN/c1-9-5-6-17(12(9)7-14)8-10-3-2-4-11(16)13(10)15/h2-4,9,12H,5-8H2,1H3.